The van der Waals surface area contributed by atoms with Crippen LogP contribution >= 0.6 is 0 Å². The third-order valence-corrected chi connectivity index (χ3v) is 3.76. The first-order valence-electron chi connectivity index (χ1n) is 7.76. The quantitative estimate of drug-likeness (QED) is 0.502. The number of hydrogen-bond donors (Lipinski definition) is 2. The van der Waals surface area contributed by atoms with Crippen LogP contribution in [0.25, 0.3) is 0 Å². The average molecular weight is 338 g/mol. The maximum Gasteiger partial charge on any atom is 0.265 e. The van der Waals surface area contributed by atoms with E-state index in [0.29, 0.717) is 22.8 Å². The maximum atomic E-state index is 12.2. The molecule has 1 heterocycles. The van der Waals surface area contributed by atoms with E-state index < -0.39 is 5.91 Å². The Morgan fingerprint density at radius 2 is 2.08 bits per heavy atom. The largest absolute Gasteiger partial charge is 0.482 e. The molecule has 7 nitrogen and oxygen atoms in total. The molecule has 25 heavy (non-hydrogen) atoms. The van der Waals surface area contributed by atoms with Crippen molar-refractivity contribution >= 4 is 28.9 Å². The van der Waals surface area contributed by atoms with Gasteiger partial charge in [-0.3, -0.25) is 14.5 Å². The zero-order valence-electron chi connectivity index (χ0n) is 13.7. The van der Waals surface area contributed by atoms with Crippen LogP contribution in [0.2, 0.25) is 0 Å². The van der Waals surface area contributed by atoms with Crippen LogP contribution in [0, 0.1) is 0 Å². The van der Waals surface area contributed by atoms with Crippen molar-refractivity contribution in [2.75, 3.05) is 23.8 Å². The van der Waals surface area contributed by atoms with Crippen LogP contribution in [0.15, 0.2) is 53.6 Å². The summed E-state index contributed by atoms with van der Waals surface area (Å²) < 4.78 is 5.35. The predicted octanol–water partition coefficient (Wildman–Crippen LogP) is 1.53. The third-order valence-electron chi connectivity index (χ3n) is 3.76. The number of fused-ring (bicyclic) bond motifs is 1. The second kappa shape index (κ2) is 7.04. The Bertz CT molecular complexity index is 848. The zero-order valence-corrected chi connectivity index (χ0v) is 13.7. The first kappa shape index (κ1) is 16.5. The number of hydrogen-bond acceptors (Lipinski definition) is 5. The molecule has 0 radical (unpaired) electrons. The van der Waals surface area contributed by atoms with Crippen molar-refractivity contribution in [2.45, 2.75) is 6.92 Å². The molecule has 0 aliphatic carbocycles. The van der Waals surface area contributed by atoms with Crippen molar-refractivity contribution < 1.29 is 14.3 Å². The van der Waals surface area contributed by atoms with Crippen LogP contribution in [0.3, 0.4) is 0 Å². The van der Waals surface area contributed by atoms with Gasteiger partial charge in [0.05, 0.1) is 11.4 Å². The molecule has 1 aliphatic rings. The van der Waals surface area contributed by atoms with Crippen LogP contribution in [-0.2, 0) is 9.59 Å². The van der Waals surface area contributed by atoms with E-state index in [4.69, 9.17) is 10.5 Å². The molecule has 2 aromatic rings. The SMILES string of the molecule is C/C(=N/NC(=O)CN1C(=O)COc2ccccc21)c1cccc(N)c1. The summed E-state index contributed by atoms with van der Waals surface area (Å²) in [5.41, 5.74) is 10.8. The number of amides is 2. The molecule has 2 aromatic carbocycles. The number of nitrogens with two attached hydrogens (primary N) is 1. The summed E-state index contributed by atoms with van der Waals surface area (Å²) in [5.74, 6) is -0.0898. The summed E-state index contributed by atoms with van der Waals surface area (Å²) in [6.45, 7) is 1.55. The number of nitrogens with one attached hydrogen (secondary N) is 1. The normalized spacial score (nSPS) is 13.9. The highest BCUT2D eigenvalue weighted by Crippen LogP contribution is 2.31. The summed E-state index contributed by atoms with van der Waals surface area (Å²) in [6.07, 6.45) is 0. The molecule has 0 saturated heterocycles. The van der Waals surface area contributed by atoms with Gasteiger partial charge in [-0.05, 0) is 36.8 Å². The van der Waals surface area contributed by atoms with Gasteiger partial charge in [0, 0.05) is 5.69 Å². The molecule has 0 spiro atoms. The number of carbonyl (C=O) groups is 2. The van der Waals surface area contributed by atoms with Crippen molar-refractivity contribution in [1.82, 2.24) is 5.43 Å². The minimum atomic E-state index is -0.395. The summed E-state index contributed by atoms with van der Waals surface area (Å²) >= 11 is 0. The fourth-order valence-electron chi connectivity index (χ4n) is 2.48. The molecule has 1 aliphatic heterocycles. The van der Waals surface area contributed by atoms with Gasteiger partial charge in [0.15, 0.2) is 6.61 Å². The van der Waals surface area contributed by atoms with Gasteiger partial charge < -0.3 is 10.5 Å². The third kappa shape index (κ3) is 3.77. The van der Waals surface area contributed by atoms with Gasteiger partial charge in [0.25, 0.3) is 11.8 Å². The van der Waals surface area contributed by atoms with E-state index in [1.807, 2.05) is 18.2 Å². The minimum absolute atomic E-state index is 0.0874. The Morgan fingerprint density at radius 3 is 2.88 bits per heavy atom. The summed E-state index contributed by atoms with van der Waals surface area (Å²) in [4.78, 5) is 25.6. The molecule has 0 saturated carbocycles. The number of nitrogens with zero attached hydrogens (tertiary/aromatic N) is 2. The molecule has 3 N–H and O–H groups in total. The molecule has 0 atom stereocenters. The number of carbonyl (C=O) groups excluding carboxylic acids is 2. The molecule has 0 unspecified atom stereocenters. The predicted molar refractivity (Wildman–Crippen MR) is 95.5 cm³/mol. The lowest BCUT2D eigenvalue weighted by Crippen LogP contribution is -2.44. The molecule has 0 aromatic heterocycles. The van der Waals surface area contributed by atoms with E-state index in [1.54, 1.807) is 37.3 Å². The summed E-state index contributed by atoms with van der Waals surface area (Å²) in [7, 11) is 0. The fourth-order valence-corrected chi connectivity index (χ4v) is 2.48. The van der Waals surface area contributed by atoms with Crippen molar-refractivity contribution in [3.8, 4) is 5.75 Å². The fraction of sp³-hybridized carbons (Fsp3) is 0.167. The van der Waals surface area contributed by atoms with Gasteiger partial charge in [0.2, 0.25) is 0 Å². The molecular weight excluding hydrogens is 320 g/mol. The lowest BCUT2D eigenvalue weighted by atomic mass is 10.1. The Morgan fingerprint density at radius 1 is 1.28 bits per heavy atom. The van der Waals surface area contributed by atoms with Gasteiger partial charge in [0.1, 0.15) is 12.3 Å². The number of ether oxygens (including phenoxy) is 1. The summed E-state index contributed by atoms with van der Waals surface area (Å²) in [5, 5.41) is 4.07. The summed E-state index contributed by atoms with van der Waals surface area (Å²) in [6, 6.07) is 14.3. The lowest BCUT2D eigenvalue weighted by Gasteiger charge is -2.28. The molecule has 128 valence electrons. The highest BCUT2D eigenvalue weighted by Gasteiger charge is 2.26. The second-order valence-electron chi connectivity index (χ2n) is 5.59. The van der Waals surface area contributed by atoms with E-state index in [1.165, 1.54) is 4.90 Å². The van der Waals surface area contributed by atoms with Gasteiger partial charge in [-0.1, -0.05) is 24.3 Å². The van der Waals surface area contributed by atoms with Crippen LogP contribution in [0.1, 0.15) is 12.5 Å². The molecular formula is C18H18N4O3. The standard InChI is InChI=1S/C18H18N4O3/c1-12(13-5-4-6-14(19)9-13)20-21-17(23)10-22-15-7-2-3-8-16(15)25-11-18(22)24/h2-9H,10-11,19H2,1H3,(H,21,23)/b20-12-. The first-order chi connectivity index (χ1) is 12.0. The lowest BCUT2D eigenvalue weighted by molar-refractivity contribution is -0.125. The Labute approximate surface area is 145 Å². The number of benzene rings is 2. The van der Waals surface area contributed by atoms with E-state index in [9.17, 15) is 9.59 Å². The number of rotatable bonds is 4. The molecule has 3 rings (SSSR count). The van der Waals surface area contributed by atoms with Crippen molar-refractivity contribution in [1.29, 1.82) is 0 Å². The number of hydrazone groups is 1. The first-order valence-corrected chi connectivity index (χ1v) is 7.76. The number of anilines is 2. The highest BCUT2D eigenvalue weighted by atomic mass is 16.5. The molecule has 7 heteroatoms. The smallest absolute Gasteiger partial charge is 0.265 e. The Kier molecular flexibility index (Phi) is 4.65. The minimum Gasteiger partial charge on any atom is -0.482 e. The van der Waals surface area contributed by atoms with E-state index in [2.05, 4.69) is 10.5 Å². The zero-order chi connectivity index (χ0) is 17.8. The highest BCUT2D eigenvalue weighted by molar-refractivity contribution is 6.03. The molecule has 0 fully saturated rings. The van der Waals surface area contributed by atoms with Crippen molar-refractivity contribution in [3.05, 3.63) is 54.1 Å². The number of nitrogen functional groups attached to an aromatic ring is 1. The van der Waals surface area contributed by atoms with Crippen LogP contribution in [-0.4, -0.2) is 30.7 Å². The van der Waals surface area contributed by atoms with Gasteiger partial charge >= 0.3 is 0 Å². The van der Waals surface area contributed by atoms with Gasteiger partial charge in [-0.25, -0.2) is 5.43 Å². The average Bonchev–Trinajstić information content (AvgIpc) is 2.62. The van der Waals surface area contributed by atoms with Gasteiger partial charge in [-0.2, -0.15) is 5.10 Å². The maximum absolute atomic E-state index is 12.2. The Balaban J connectivity index is 1.69. The van der Waals surface area contributed by atoms with Crippen molar-refractivity contribution in [3.63, 3.8) is 0 Å². The van der Waals surface area contributed by atoms with E-state index >= 15 is 0 Å². The van der Waals surface area contributed by atoms with Crippen molar-refractivity contribution in [2.24, 2.45) is 5.10 Å². The second-order valence-corrected chi connectivity index (χ2v) is 5.59. The topological polar surface area (TPSA) is 97.0 Å². The van der Waals surface area contributed by atoms with E-state index in [0.717, 1.165) is 5.56 Å². The number of para-hydroxylation sites is 2. The van der Waals surface area contributed by atoms with Crippen LogP contribution in [0.4, 0.5) is 11.4 Å². The van der Waals surface area contributed by atoms with E-state index in [-0.39, 0.29) is 19.1 Å². The van der Waals surface area contributed by atoms with Crippen LogP contribution in [0.5, 0.6) is 5.75 Å². The molecule has 2 amide bonds. The monoisotopic (exact) mass is 338 g/mol. The molecule has 0 bridgehead atoms. The van der Waals surface area contributed by atoms with Gasteiger partial charge in [-0.15, -0.1) is 0 Å². The van der Waals surface area contributed by atoms with Crippen LogP contribution < -0.4 is 20.8 Å². The Hall–Kier alpha value is -3.35.